The van der Waals surface area contributed by atoms with Gasteiger partial charge in [0.15, 0.2) is 5.54 Å². The minimum absolute atomic E-state index is 0.344. The summed E-state index contributed by atoms with van der Waals surface area (Å²) in [5.41, 5.74) is 8.06. The summed E-state index contributed by atoms with van der Waals surface area (Å²) in [5, 5.41) is 19.7. The predicted octanol–water partition coefficient (Wildman–Crippen LogP) is 4.69. The van der Waals surface area contributed by atoms with E-state index < -0.39 is 0 Å². The van der Waals surface area contributed by atoms with Crippen molar-refractivity contribution in [2.24, 2.45) is 5.73 Å². The molecule has 0 unspecified atom stereocenters. The Kier molecular flexibility index (Phi) is 4.50. The molecule has 4 nitrogen and oxygen atoms in total. The van der Waals surface area contributed by atoms with Crippen LogP contribution in [-0.4, -0.2) is 13.1 Å². The molecule has 2 aromatic carbocycles. The number of nitrogens with two attached hydrogens (primary N) is 1. The van der Waals surface area contributed by atoms with Crippen LogP contribution in [0.3, 0.4) is 0 Å². The number of hydroxylamine groups is 2. The summed E-state index contributed by atoms with van der Waals surface area (Å²) < 4.78 is -0.344. The van der Waals surface area contributed by atoms with Crippen molar-refractivity contribution in [2.75, 3.05) is 18.4 Å². The molecule has 0 bridgehead atoms. The molecule has 6 heteroatoms. The highest BCUT2D eigenvalue weighted by molar-refractivity contribution is 7.10. The molecule has 1 aliphatic rings. The number of hydrogen-bond donors (Lipinski definition) is 2. The molecule has 0 radical (unpaired) electrons. The minimum Gasteiger partial charge on any atom is -0.627 e. The normalized spacial score (nSPS) is 24.9. The Balaban J connectivity index is 1.61. The van der Waals surface area contributed by atoms with Crippen LogP contribution in [0.25, 0.3) is 0 Å². The maximum Gasteiger partial charge on any atom is 0.172 e. The fourth-order valence-electron chi connectivity index (χ4n) is 3.57. The average Bonchev–Trinajstić information content (AvgIpc) is 3.17. The van der Waals surface area contributed by atoms with Crippen LogP contribution in [0.15, 0.2) is 66.0 Å². The standard InChI is InChI=1S/C20H20ClN3OS/c21-16-5-7-17(8-6-16)23-20(19-2-1-11-26-19)13-24(25,14-20)18-9-3-15(12-22)4-10-18/h1-11,23H,12-14,22H2. The van der Waals surface area contributed by atoms with Crippen LogP contribution in [0.4, 0.5) is 11.4 Å². The number of anilines is 1. The van der Waals surface area contributed by atoms with E-state index in [2.05, 4.69) is 16.8 Å². The molecule has 0 amide bonds. The zero-order valence-corrected chi connectivity index (χ0v) is 15.8. The van der Waals surface area contributed by atoms with Crippen LogP contribution < -0.4 is 15.7 Å². The summed E-state index contributed by atoms with van der Waals surface area (Å²) >= 11 is 7.67. The van der Waals surface area contributed by atoms with Crippen LogP contribution in [0.1, 0.15) is 10.4 Å². The van der Waals surface area contributed by atoms with Gasteiger partial charge in [-0.05, 0) is 53.4 Å². The first-order chi connectivity index (χ1) is 12.5. The second-order valence-corrected chi connectivity index (χ2v) is 8.15. The Morgan fingerprint density at radius 1 is 1.08 bits per heavy atom. The second kappa shape index (κ2) is 6.68. The Morgan fingerprint density at radius 3 is 2.35 bits per heavy atom. The van der Waals surface area contributed by atoms with Crippen molar-refractivity contribution in [3.05, 3.63) is 86.7 Å². The Labute approximate surface area is 162 Å². The second-order valence-electron chi connectivity index (χ2n) is 6.77. The molecule has 1 aliphatic heterocycles. The molecular formula is C20H20ClN3OS. The number of halogens is 1. The molecule has 134 valence electrons. The number of quaternary nitrogens is 1. The third-order valence-corrected chi connectivity index (χ3v) is 6.24. The molecule has 26 heavy (non-hydrogen) atoms. The number of rotatable bonds is 5. The lowest BCUT2D eigenvalue weighted by molar-refractivity contribution is 0.147. The van der Waals surface area contributed by atoms with E-state index in [-0.39, 0.29) is 10.2 Å². The molecule has 1 aromatic heterocycles. The summed E-state index contributed by atoms with van der Waals surface area (Å²) in [6.45, 7) is 1.37. The van der Waals surface area contributed by atoms with Crippen molar-refractivity contribution in [2.45, 2.75) is 12.1 Å². The van der Waals surface area contributed by atoms with Gasteiger partial charge in [0.2, 0.25) is 0 Å². The molecule has 3 aromatic rings. The van der Waals surface area contributed by atoms with Gasteiger partial charge in [0.05, 0.1) is 0 Å². The zero-order chi connectivity index (χ0) is 18.2. The molecule has 4 rings (SSSR count). The van der Waals surface area contributed by atoms with Gasteiger partial charge in [-0.1, -0.05) is 29.8 Å². The van der Waals surface area contributed by atoms with Crippen LogP contribution in [0, 0.1) is 5.21 Å². The largest absolute Gasteiger partial charge is 0.627 e. The van der Waals surface area contributed by atoms with E-state index >= 15 is 0 Å². The van der Waals surface area contributed by atoms with Crippen molar-refractivity contribution in [3.63, 3.8) is 0 Å². The highest BCUT2D eigenvalue weighted by Gasteiger charge is 2.54. The molecule has 0 aliphatic carbocycles. The lowest BCUT2D eigenvalue weighted by atomic mass is 9.86. The molecular weight excluding hydrogens is 366 g/mol. The summed E-state index contributed by atoms with van der Waals surface area (Å²) in [5.74, 6) is 0. The van der Waals surface area contributed by atoms with Crippen LogP contribution in [0.5, 0.6) is 0 Å². The Bertz CT molecular complexity index is 872. The van der Waals surface area contributed by atoms with Crippen molar-refractivity contribution >= 4 is 34.3 Å². The van der Waals surface area contributed by atoms with Gasteiger partial charge in [0.25, 0.3) is 0 Å². The maximum absolute atomic E-state index is 13.4. The molecule has 1 fully saturated rings. The van der Waals surface area contributed by atoms with E-state index in [1.54, 1.807) is 11.3 Å². The Hall–Kier alpha value is -1.89. The van der Waals surface area contributed by atoms with E-state index in [1.807, 2.05) is 54.6 Å². The number of hydrogen-bond acceptors (Lipinski definition) is 4. The molecule has 0 atom stereocenters. The Morgan fingerprint density at radius 2 is 1.77 bits per heavy atom. The number of thiophene rings is 1. The molecule has 0 saturated carbocycles. The summed E-state index contributed by atoms with van der Waals surface area (Å²) in [4.78, 5) is 1.18. The van der Waals surface area contributed by atoms with Crippen molar-refractivity contribution < 1.29 is 0 Å². The first-order valence-corrected chi connectivity index (χ1v) is 9.74. The smallest absolute Gasteiger partial charge is 0.172 e. The van der Waals surface area contributed by atoms with Gasteiger partial charge in [-0.15, -0.1) is 11.3 Å². The summed E-state index contributed by atoms with van der Waals surface area (Å²) in [6, 6.07) is 19.4. The molecule has 1 saturated heterocycles. The maximum atomic E-state index is 13.4. The van der Waals surface area contributed by atoms with Gasteiger partial charge in [-0.3, -0.25) is 0 Å². The van der Waals surface area contributed by atoms with Gasteiger partial charge in [-0.2, -0.15) is 0 Å². The van der Waals surface area contributed by atoms with Gasteiger partial charge in [0, 0.05) is 22.1 Å². The number of benzene rings is 2. The quantitative estimate of drug-likeness (QED) is 0.495. The van der Waals surface area contributed by atoms with E-state index in [4.69, 9.17) is 17.3 Å². The monoisotopic (exact) mass is 385 g/mol. The van der Waals surface area contributed by atoms with Crippen LogP contribution in [-0.2, 0) is 12.1 Å². The third-order valence-electron chi connectivity index (χ3n) is 4.91. The lowest BCUT2D eigenvalue weighted by Gasteiger charge is -2.59. The highest BCUT2D eigenvalue weighted by atomic mass is 35.5. The highest BCUT2D eigenvalue weighted by Crippen LogP contribution is 2.45. The van der Waals surface area contributed by atoms with Gasteiger partial charge in [-0.25, -0.2) is 0 Å². The fourth-order valence-corrected chi connectivity index (χ4v) is 4.56. The molecule has 0 spiro atoms. The number of nitrogens with one attached hydrogen (secondary N) is 1. The van der Waals surface area contributed by atoms with Gasteiger partial charge < -0.3 is 20.9 Å². The summed E-state index contributed by atoms with van der Waals surface area (Å²) in [6.07, 6.45) is 0. The molecule has 3 N–H and O–H groups in total. The van der Waals surface area contributed by atoms with Crippen LogP contribution in [0.2, 0.25) is 5.02 Å². The minimum atomic E-state index is -0.365. The first-order valence-electron chi connectivity index (χ1n) is 8.48. The van der Waals surface area contributed by atoms with Crippen LogP contribution >= 0.6 is 22.9 Å². The van der Waals surface area contributed by atoms with E-state index in [0.717, 1.165) is 16.9 Å². The van der Waals surface area contributed by atoms with Crippen molar-refractivity contribution in [1.29, 1.82) is 0 Å². The van der Waals surface area contributed by atoms with E-state index in [9.17, 15) is 5.21 Å². The first kappa shape index (κ1) is 17.5. The topological polar surface area (TPSA) is 61.1 Å². The molecule has 2 heterocycles. The van der Waals surface area contributed by atoms with Gasteiger partial charge in [0.1, 0.15) is 18.8 Å². The predicted molar refractivity (Wildman–Crippen MR) is 110 cm³/mol. The number of nitrogens with zero attached hydrogens (tertiary/aromatic N) is 1. The van der Waals surface area contributed by atoms with Crippen molar-refractivity contribution in [3.8, 4) is 0 Å². The van der Waals surface area contributed by atoms with E-state index in [0.29, 0.717) is 24.7 Å². The third kappa shape index (κ3) is 3.13. The fraction of sp³-hybridized carbons (Fsp3) is 0.200. The van der Waals surface area contributed by atoms with E-state index in [1.165, 1.54) is 4.88 Å². The van der Waals surface area contributed by atoms with Crippen molar-refractivity contribution in [1.82, 2.24) is 4.65 Å². The lowest BCUT2D eigenvalue weighted by Crippen LogP contribution is -2.72. The van der Waals surface area contributed by atoms with Gasteiger partial charge >= 0.3 is 0 Å². The average molecular weight is 386 g/mol. The zero-order valence-electron chi connectivity index (χ0n) is 14.2. The SMILES string of the molecule is NCc1ccc([N+]2([O-])CC(Nc3ccc(Cl)cc3)(c3cccs3)C2)cc1. The summed E-state index contributed by atoms with van der Waals surface area (Å²) in [7, 11) is 0.